The number of piperazine rings is 1. The van der Waals surface area contributed by atoms with Crippen molar-refractivity contribution >= 4 is 17.5 Å². The fraction of sp³-hybridized carbons (Fsp3) is 0.250. The minimum absolute atomic E-state index is 0.204. The molecule has 1 aromatic carbocycles. The quantitative estimate of drug-likeness (QED) is 0.751. The lowest BCUT2D eigenvalue weighted by molar-refractivity contribution is 0.624. The summed E-state index contributed by atoms with van der Waals surface area (Å²) in [6, 6.07) is 12.5. The highest BCUT2D eigenvalue weighted by Gasteiger charge is 2.18. The Kier molecular flexibility index (Phi) is 5.09. The summed E-state index contributed by atoms with van der Waals surface area (Å²) in [5.41, 5.74) is 2.19. The first kappa shape index (κ1) is 17.2. The summed E-state index contributed by atoms with van der Waals surface area (Å²) in [7, 11) is 0. The second kappa shape index (κ2) is 7.99. The molecule has 0 aliphatic carbocycles. The maximum absolute atomic E-state index is 13.1. The molecule has 3 heterocycles. The largest absolute Gasteiger partial charge is 0.368 e. The van der Waals surface area contributed by atoms with Gasteiger partial charge >= 0.3 is 0 Å². The molecule has 1 N–H and O–H groups in total. The zero-order valence-corrected chi connectivity index (χ0v) is 14.9. The molecule has 0 spiro atoms. The summed E-state index contributed by atoms with van der Waals surface area (Å²) in [6.07, 6.45) is 5.33. The Hall–Kier alpha value is -3.22. The second-order valence-electron chi connectivity index (χ2n) is 6.40. The third-order valence-electron chi connectivity index (χ3n) is 4.64. The van der Waals surface area contributed by atoms with Gasteiger partial charge in [0.25, 0.3) is 0 Å². The molecule has 0 atom stereocenters. The van der Waals surface area contributed by atoms with Crippen molar-refractivity contribution in [2.24, 2.45) is 0 Å². The van der Waals surface area contributed by atoms with E-state index in [0.29, 0.717) is 12.5 Å². The number of anilines is 3. The van der Waals surface area contributed by atoms with Crippen LogP contribution in [0.2, 0.25) is 0 Å². The van der Waals surface area contributed by atoms with Crippen LogP contribution in [0.5, 0.6) is 0 Å². The lowest BCUT2D eigenvalue weighted by atomic mass is 10.2. The van der Waals surface area contributed by atoms with E-state index in [9.17, 15) is 4.39 Å². The molecule has 0 unspecified atom stereocenters. The fourth-order valence-corrected chi connectivity index (χ4v) is 3.14. The lowest BCUT2D eigenvalue weighted by Gasteiger charge is -2.36. The van der Waals surface area contributed by atoms with Gasteiger partial charge in [0, 0.05) is 57.0 Å². The number of benzene rings is 1. The molecule has 6 nitrogen and oxygen atoms in total. The van der Waals surface area contributed by atoms with Crippen LogP contribution in [-0.2, 0) is 6.54 Å². The van der Waals surface area contributed by atoms with E-state index in [0.717, 1.165) is 43.2 Å². The summed E-state index contributed by atoms with van der Waals surface area (Å²) < 4.78 is 13.1. The Morgan fingerprint density at radius 2 is 1.56 bits per heavy atom. The molecule has 0 bridgehead atoms. The number of nitrogens with one attached hydrogen (secondary N) is 1. The monoisotopic (exact) mass is 364 g/mol. The molecule has 2 aromatic heterocycles. The maximum Gasteiger partial charge on any atom is 0.224 e. The first-order valence-corrected chi connectivity index (χ1v) is 8.99. The van der Waals surface area contributed by atoms with Crippen LogP contribution in [0, 0.1) is 5.82 Å². The molecule has 7 heteroatoms. The van der Waals surface area contributed by atoms with E-state index in [4.69, 9.17) is 0 Å². The van der Waals surface area contributed by atoms with Crippen LogP contribution in [0.15, 0.2) is 61.1 Å². The van der Waals surface area contributed by atoms with Crippen LogP contribution < -0.4 is 15.1 Å². The van der Waals surface area contributed by atoms with Gasteiger partial charge in [-0.25, -0.2) is 9.37 Å². The van der Waals surface area contributed by atoms with Crippen LogP contribution in [-0.4, -0.2) is 41.1 Å². The molecule has 0 saturated carbocycles. The zero-order valence-electron chi connectivity index (χ0n) is 14.9. The van der Waals surface area contributed by atoms with Crippen LogP contribution in [0.3, 0.4) is 0 Å². The molecule has 1 aliphatic rings. The molecule has 1 fully saturated rings. The number of nitrogens with zero attached hydrogens (tertiary/aromatic N) is 5. The summed E-state index contributed by atoms with van der Waals surface area (Å²) in [5, 5.41) is 3.26. The zero-order chi connectivity index (χ0) is 18.5. The van der Waals surface area contributed by atoms with Crippen molar-refractivity contribution < 1.29 is 4.39 Å². The average Bonchev–Trinajstić information content (AvgIpc) is 2.74. The van der Waals surface area contributed by atoms with Gasteiger partial charge in [0.05, 0.1) is 0 Å². The van der Waals surface area contributed by atoms with Crippen molar-refractivity contribution in [3.8, 4) is 0 Å². The van der Waals surface area contributed by atoms with Crippen molar-refractivity contribution in [1.29, 1.82) is 0 Å². The Labute approximate surface area is 157 Å². The molecule has 0 amide bonds. The third kappa shape index (κ3) is 4.31. The van der Waals surface area contributed by atoms with E-state index in [1.165, 1.54) is 12.1 Å². The lowest BCUT2D eigenvalue weighted by Crippen LogP contribution is -2.46. The molecule has 1 aliphatic heterocycles. The van der Waals surface area contributed by atoms with Gasteiger partial charge in [-0.05, 0) is 48.0 Å². The highest BCUT2D eigenvalue weighted by atomic mass is 19.1. The van der Waals surface area contributed by atoms with Crippen LogP contribution in [0.4, 0.5) is 21.8 Å². The fourth-order valence-electron chi connectivity index (χ4n) is 3.14. The SMILES string of the molecule is Fc1ccc(N2CCN(c3ccnc(NCc4ccncc4)n3)CC2)cc1. The van der Waals surface area contributed by atoms with Crippen LogP contribution in [0.1, 0.15) is 5.56 Å². The summed E-state index contributed by atoms with van der Waals surface area (Å²) in [5.74, 6) is 1.33. The predicted octanol–water partition coefficient (Wildman–Crippen LogP) is 2.95. The van der Waals surface area contributed by atoms with E-state index in [1.54, 1.807) is 18.6 Å². The van der Waals surface area contributed by atoms with Gasteiger partial charge in [-0.1, -0.05) is 0 Å². The summed E-state index contributed by atoms with van der Waals surface area (Å²) in [4.78, 5) is 17.5. The van der Waals surface area contributed by atoms with Gasteiger partial charge in [0.1, 0.15) is 11.6 Å². The number of aromatic nitrogens is 3. The van der Waals surface area contributed by atoms with Gasteiger partial charge in [0.2, 0.25) is 5.95 Å². The molecular weight excluding hydrogens is 343 g/mol. The molecule has 27 heavy (non-hydrogen) atoms. The first-order chi connectivity index (χ1) is 13.3. The van der Waals surface area contributed by atoms with E-state index in [-0.39, 0.29) is 5.82 Å². The standard InChI is InChI=1S/C20H21FN6/c21-17-1-3-18(4-2-17)26-11-13-27(14-12-26)19-7-10-23-20(25-19)24-15-16-5-8-22-9-6-16/h1-10H,11-15H2,(H,23,24,25). The predicted molar refractivity (Wildman–Crippen MR) is 104 cm³/mol. The normalized spacial score (nSPS) is 14.3. The minimum Gasteiger partial charge on any atom is -0.368 e. The van der Waals surface area contributed by atoms with Crippen molar-refractivity contribution in [3.63, 3.8) is 0 Å². The first-order valence-electron chi connectivity index (χ1n) is 8.99. The Bertz CT molecular complexity index is 863. The van der Waals surface area contributed by atoms with Gasteiger partial charge in [0.15, 0.2) is 0 Å². The molecule has 138 valence electrons. The minimum atomic E-state index is -0.204. The van der Waals surface area contributed by atoms with Crippen molar-refractivity contribution in [1.82, 2.24) is 15.0 Å². The van der Waals surface area contributed by atoms with Gasteiger partial charge in [-0.3, -0.25) is 4.98 Å². The Morgan fingerprint density at radius 1 is 0.852 bits per heavy atom. The topological polar surface area (TPSA) is 57.2 Å². The molecule has 3 aromatic rings. The summed E-state index contributed by atoms with van der Waals surface area (Å²) in [6.45, 7) is 4.12. The highest BCUT2D eigenvalue weighted by Crippen LogP contribution is 2.20. The molecular formula is C20H21FN6. The highest BCUT2D eigenvalue weighted by molar-refractivity contribution is 5.50. The smallest absolute Gasteiger partial charge is 0.224 e. The average molecular weight is 364 g/mol. The van der Waals surface area contributed by atoms with E-state index < -0.39 is 0 Å². The van der Waals surface area contributed by atoms with Crippen molar-refractivity contribution in [3.05, 3.63) is 72.4 Å². The van der Waals surface area contributed by atoms with E-state index in [1.807, 2.05) is 30.3 Å². The molecule has 1 saturated heterocycles. The number of halogens is 1. The summed E-state index contributed by atoms with van der Waals surface area (Å²) >= 11 is 0. The van der Waals surface area contributed by atoms with Crippen LogP contribution >= 0.6 is 0 Å². The number of hydrogen-bond donors (Lipinski definition) is 1. The maximum atomic E-state index is 13.1. The van der Waals surface area contributed by atoms with Crippen molar-refractivity contribution in [2.45, 2.75) is 6.54 Å². The second-order valence-corrected chi connectivity index (χ2v) is 6.40. The van der Waals surface area contributed by atoms with Gasteiger partial charge in [-0.15, -0.1) is 0 Å². The van der Waals surface area contributed by atoms with E-state index in [2.05, 4.69) is 30.1 Å². The number of hydrogen-bond acceptors (Lipinski definition) is 6. The van der Waals surface area contributed by atoms with Crippen molar-refractivity contribution in [2.75, 3.05) is 41.3 Å². The number of pyridine rings is 1. The van der Waals surface area contributed by atoms with Crippen LogP contribution in [0.25, 0.3) is 0 Å². The Balaban J connectivity index is 1.36. The van der Waals surface area contributed by atoms with Gasteiger partial charge in [-0.2, -0.15) is 4.98 Å². The number of rotatable bonds is 5. The third-order valence-corrected chi connectivity index (χ3v) is 4.64. The molecule has 4 rings (SSSR count). The molecule has 0 radical (unpaired) electrons. The Morgan fingerprint density at radius 3 is 2.30 bits per heavy atom. The van der Waals surface area contributed by atoms with Gasteiger partial charge < -0.3 is 15.1 Å². The van der Waals surface area contributed by atoms with E-state index >= 15 is 0 Å².